The fourth-order valence-electron chi connectivity index (χ4n) is 1.81. The molecule has 1 atom stereocenters. The summed E-state index contributed by atoms with van der Waals surface area (Å²) in [7, 11) is 0. The van der Waals surface area contributed by atoms with Gasteiger partial charge in [-0.05, 0) is 24.3 Å². The van der Waals surface area contributed by atoms with Gasteiger partial charge in [-0.2, -0.15) is 5.26 Å². The molecule has 1 aromatic carbocycles. The van der Waals surface area contributed by atoms with E-state index >= 15 is 0 Å². The predicted octanol–water partition coefficient (Wildman–Crippen LogP) is 4.00. The van der Waals surface area contributed by atoms with Crippen LogP contribution in [0.15, 0.2) is 52.0 Å². The van der Waals surface area contributed by atoms with E-state index in [0.717, 1.165) is 10.6 Å². The maximum Gasteiger partial charge on any atom is 0.319 e. The lowest BCUT2D eigenvalue weighted by Crippen LogP contribution is -2.28. The van der Waals surface area contributed by atoms with E-state index in [1.54, 1.807) is 30.2 Å². The molecule has 114 valence electrons. The van der Waals surface area contributed by atoms with Gasteiger partial charge in [0.2, 0.25) is 0 Å². The highest BCUT2D eigenvalue weighted by Crippen LogP contribution is 2.31. The average Bonchev–Trinajstić information content (AvgIpc) is 3.01. The van der Waals surface area contributed by atoms with Crippen LogP contribution >= 0.6 is 11.8 Å². The van der Waals surface area contributed by atoms with Crippen molar-refractivity contribution in [3.63, 3.8) is 0 Å². The molecule has 2 N–H and O–H groups in total. The van der Waals surface area contributed by atoms with Gasteiger partial charge in [0.1, 0.15) is 5.76 Å². The van der Waals surface area contributed by atoms with Gasteiger partial charge in [0.05, 0.1) is 24.6 Å². The van der Waals surface area contributed by atoms with E-state index in [4.69, 9.17) is 9.68 Å². The molecule has 1 aromatic heterocycles. The second kappa shape index (κ2) is 8.15. The predicted molar refractivity (Wildman–Crippen MR) is 86.6 cm³/mol. The lowest BCUT2D eigenvalue weighted by molar-refractivity contribution is 0.250. The number of rotatable bonds is 6. The van der Waals surface area contributed by atoms with Crippen LogP contribution in [-0.4, -0.2) is 11.3 Å². The van der Waals surface area contributed by atoms with E-state index in [0.29, 0.717) is 18.7 Å². The summed E-state index contributed by atoms with van der Waals surface area (Å²) in [6, 6.07) is 13.0. The fraction of sp³-hybridized carbons (Fsp3) is 0.250. The lowest BCUT2D eigenvalue weighted by Gasteiger charge is -2.13. The number of nitriles is 1. The second-order valence-electron chi connectivity index (χ2n) is 4.67. The smallest absolute Gasteiger partial charge is 0.319 e. The minimum atomic E-state index is -0.294. The Morgan fingerprint density at radius 1 is 1.36 bits per heavy atom. The van der Waals surface area contributed by atoms with Crippen LogP contribution in [0.5, 0.6) is 0 Å². The zero-order valence-electron chi connectivity index (χ0n) is 12.2. The highest BCUT2D eigenvalue weighted by Gasteiger charge is 2.10. The molecule has 0 saturated carbocycles. The summed E-state index contributed by atoms with van der Waals surface area (Å²) in [6.45, 7) is 2.32. The van der Waals surface area contributed by atoms with Crippen molar-refractivity contribution in [1.82, 2.24) is 5.32 Å². The van der Waals surface area contributed by atoms with E-state index < -0.39 is 0 Å². The first-order valence-electron chi connectivity index (χ1n) is 6.89. The molecular weight excluding hydrogens is 298 g/mol. The van der Waals surface area contributed by atoms with E-state index in [1.165, 1.54) is 0 Å². The highest BCUT2D eigenvalue weighted by atomic mass is 32.2. The quantitative estimate of drug-likeness (QED) is 0.790. The van der Waals surface area contributed by atoms with Gasteiger partial charge in [0.25, 0.3) is 0 Å². The molecule has 2 amide bonds. The average molecular weight is 315 g/mol. The first-order valence-corrected chi connectivity index (χ1v) is 7.77. The number of carbonyl (C=O) groups is 1. The summed E-state index contributed by atoms with van der Waals surface area (Å²) in [5.74, 6) is 0.695. The Morgan fingerprint density at radius 2 is 2.18 bits per heavy atom. The van der Waals surface area contributed by atoms with Crippen LogP contribution in [0.4, 0.5) is 10.5 Å². The summed E-state index contributed by atoms with van der Waals surface area (Å²) in [4.78, 5) is 12.9. The van der Waals surface area contributed by atoms with Crippen LogP contribution in [0, 0.1) is 11.3 Å². The van der Waals surface area contributed by atoms with Gasteiger partial charge in [-0.1, -0.05) is 19.1 Å². The number of amides is 2. The normalized spacial score (nSPS) is 11.5. The maximum atomic E-state index is 11.9. The van der Waals surface area contributed by atoms with Crippen LogP contribution in [0.25, 0.3) is 0 Å². The number of anilines is 1. The number of carbonyl (C=O) groups excluding carboxylic acids is 1. The maximum absolute atomic E-state index is 11.9. The van der Waals surface area contributed by atoms with E-state index in [9.17, 15) is 4.79 Å². The van der Waals surface area contributed by atoms with Crippen LogP contribution in [-0.2, 0) is 6.54 Å². The molecule has 5 nitrogen and oxygen atoms in total. The van der Waals surface area contributed by atoms with Crippen molar-refractivity contribution in [2.24, 2.45) is 0 Å². The van der Waals surface area contributed by atoms with Gasteiger partial charge in [0.15, 0.2) is 0 Å². The molecule has 0 aliphatic rings. The summed E-state index contributed by atoms with van der Waals surface area (Å²) < 4.78 is 5.16. The SMILES string of the molecule is C[C@H](CC#N)Sc1ccccc1NC(=O)NCc1ccco1. The first-order chi connectivity index (χ1) is 10.7. The number of para-hydroxylation sites is 1. The van der Waals surface area contributed by atoms with Crippen LogP contribution in [0.2, 0.25) is 0 Å². The fourth-order valence-corrected chi connectivity index (χ4v) is 2.80. The van der Waals surface area contributed by atoms with Gasteiger partial charge in [-0.25, -0.2) is 4.79 Å². The molecule has 0 aliphatic heterocycles. The number of hydrogen-bond acceptors (Lipinski definition) is 4. The standard InChI is InChI=1S/C16H17N3O2S/c1-12(8-9-17)22-15-7-3-2-6-14(15)19-16(20)18-11-13-5-4-10-21-13/h2-7,10,12H,8,11H2,1H3,(H2,18,19,20)/t12-/m1/s1. The minimum absolute atomic E-state index is 0.166. The number of benzene rings is 1. The van der Waals surface area contributed by atoms with Crippen molar-refractivity contribution in [1.29, 1.82) is 5.26 Å². The van der Waals surface area contributed by atoms with Gasteiger partial charge in [-0.15, -0.1) is 11.8 Å². The van der Waals surface area contributed by atoms with E-state index in [-0.39, 0.29) is 11.3 Å². The van der Waals surface area contributed by atoms with Gasteiger partial charge >= 0.3 is 6.03 Å². The van der Waals surface area contributed by atoms with Crippen LogP contribution in [0.3, 0.4) is 0 Å². The Kier molecular flexibility index (Phi) is 5.92. The van der Waals surface area contributed by atoms with Gasteiger partial charge in [-0.3, -0.25) is 0 Å². The number of nitrogens with zero attached hydrogens (tertiary/aromatic N) is 1. The second-order valence-corrected chi connectivity index (χ2v) is 6.15. The Morgan fingerprint density at radius 3 is 2.91 bits per heavy atom. The lowest BCUT2D eigenvalue weighted by atomic mass is 10.3. The molecule has 0 fully saturated rings. The first kappa shape index (κ1) is 16.0. The van der Waals surface area contributed by atoms with Crippen LogP contribution < -0.4 is 10.6 Å². The number of nitrogens with one attached hydrogen (secondary N) is 2. The molecule has 6 heteroatoms. The summed E-state index contributed by atoms with van der Waals surface area (Å²) in [5.41, 5.74) is 0.731. The third-order valence-electron chi connectivity index (χ3n) is 2.85. The van der Waals surface area contributed by atoms with E-state index in [2.05, 4.69) is 16.7 Å². The summed E-state index contributed by atoms with van der Waals surface area (Å²) in [5, 5.41) is 14.5. The van der Waals surface area contributed by atoms with Crippen molar-refractivity contribution in [3.05, 3.63) is 48.4 Å². The number of thioether (sulfide) groups is 1. The molecule has 0 unspecified atom stereocenters. The van der Waals surface area contributed by atoms with Crippen molar-refractivity contribution in [2.45, 2.75) is 30.0 Å². The van der Waals surface area contributed by atoms with Gasteiger partial charge < -0.3 is 15.1 Å². The topological polar surface area (TPSA) is 78.1 Å². The molecule has 0 aliphatic carbocycles. The molecule has 2 rings (SSSR count). The molecule has 1 heterocycles. The molecule has 22 heavy (non-hydrogen) atoms. The third-order valence-corrected chi connectivity index (χ3v) is 4.02. The van der Waals surface area contributed by atoms with Crippen LogP contribution in [0.1, 0.15) is 19.1 Å². The Labute approximate surface area is 133 Å². The van der Waals surface area contributed by atoms with Crippen molar-refractivity contribution >= 4 is 23.5 Å². The van der Waals surface area contributed by atoms with Gasteiger partial charge in [0, 0.05) is 16.6 Å². The van der Waals surface area contributed by atoms with Crippen molar-refractivity contribution in [3.8, 4) is 6.07 Å². The van der Waals surface area contributed by atoms with E-state index in [1.807, 2.05) is 31.2 Å². The summed E-state index contributed by atoms with van der Waals surface area (Å²) >= 11 is 1.57. The molecule has 0 saturated heterocycles. The molecule has 2 aromatic rings. The monoisotopic (exact) mass is 315 g/mol. The number of urea groups is 1. The number of hydrogen-bond donors (Lipinski definition) is 2. The van der Waals surface area contributed by atoms with Crippen molar-refractivity contribution < 1.29 is 9.21 Å². The Balaban J connectivity index is 1.94. The molecule has 0 spiro atoms. The molecule has 0 bridgehead atoms. The number of furan rings is 1. The minimum Gasteiger partial charge on any atom is -0.467 e. The zero-order chi connectivity index (χ0) is 15.8. The Hall–Kier alpha value is -2.39. The highest BCUT2D eigenvalue weighted by molar-refractivity contribution is 8.00. The molecular formula is C16H17N3O2S. The van der Waals surface area contributed by atoms with Crippen molar-refractivity contribution in [2.75, 3.05) is 5.32 Å². The molecule has 0 radical (unpaired) electrons. The zero-order valence-corrected chi connectivity index (χ0v) is 13.0. The largest absolute Gasteiger partial charge is 0.467 e. The Bertz CT molecular complexity index is 650. The summed E-state index contributed by atoms with van der Waals surface area (Å²) in [6.07, 6.45) is 2.03. The third kappa shape index (κ3) is 4.86.